The average Bonchev–Trinajstić information content (AvgIpc) is 3.55. The van der Waals surface area contributed by atoms with Gasteiger partial charge in [-0.1, -0.05) is 6.07 Å². The number of benzene rings is 2. The summed E-state index contributed by atoms with van der Waals surface area (Å²) in [6, 6.07) is 5.78. The summed E-state index contributed by atoms with van der Waals surface area (Å²) in [5.41, 5.74) is 10.5. The second kappa shape index (κ2) is 7.79. The summed E-state index contributed by atoms with van der Waals surface area (Å²) >= 11 is 0. The highest BCUT2D eigenvalue weighted by Gasteiger charge is 2.62. The number of hydrogen-bond donors (Lipinski definition) is 4. The van der Waals surface area contributed by atoms with Crippen LogP contribution in [0, 0.1) is 25.5 Å². The van der Waals surface area contributed by atoms with E-state index in [-0.39, 0.29) is 35.2 Å². The van der Waals surface area contributed by atoms with E-state index < -0.39 is 17.2 Å². The molecule has 0 saturated heterocycles. The molecule has 2 aromatic carbocycles. The van der Waals surface area contributed by atoms with Gasteiger partial charge in [0.1, 0.15) is 17.3 Å². The maximum absolute atomic E-state index is 14.7. The molecule has 2 aliphatic carbocycles. The standard InChI is InChI=1S/C26H25F2N5O2/c1-12-8-16(23-24(30-7-6-29-23)25(35)31-14-9-15(34)10-14)22-20(13(12)2)17-11-26(17,33-32-22)21-18(27)4-3-5-19(21)28/h3-8,14-15,17,32-34H,9-11H2,1-2H3,(H,31,35). The lowest BCUT2D eigenvalue weighted by Gasteiger charge is -2.32. The normalized spacial score (nSPS) is 26.1. The van der Waals surface area contributed by atoms with Crippen molar-refractivity contribution in [3.8, 4) is 11.3 Å². The fourth-order valence-corrected chi connectivity index (χ4v) is 5.55. The fraction of sp³-hybridized carbons (Fsp3) is 0.346. The van der Waals surface area contributed by atoms with Gasteiger partial charge < -0.3 is 15.8 Å². The molecule has 3 aliphatic rings. The number of aromatic nitrogens is 2. The number of aryl methyl sites for hydroxylation is 1. The van der Waals surface area contributed by atoms with Crippen LogP contribution in [-0.2, 0) is 5.54 Å². The van der Waals surface area contributed by atoms with Crippen molar-refractivity contribution in [1.82, 2.24) is 20.7 Å². The molecular formula is C26H25F2N5O2. The van der Waals surface area contributed by atoms with E-state index in [2.05, 4.69) is 26.1 Å². The zero-order valence-corrected chi connectivity index (χ0v) is 19.3. The summed E-state index contributed by atoms with van der Waals surface area (Å²) in [4.78, 5) is 21.9. The minimum Gasteiger partial charge on any atom is -0.393 e. The van der Waals surface area contributed by atoms with E-state index >= 15 is 0 Å². The van der Waals surface area contributed by atoms with Gasteiger partial charge >= 0.3 is 0 Å². The van der Waals surface area contributed by atoms with Crippen LogP contribution in [0.2, 0.25) is 0 Å². The molecule has 9 heteroatoms. The molecule has 7 nitrogen and oxygen atoms in total. The van der Waals surface area contributed by atoms with E-state index in [4.69, 9.17) is 0 Å². The number of aliphatic hydroxyl groups excluding tert-OH is 1. The van der Waals surface area contributed by atoms with Gasteiger partial charge in [-0.05, 0) is 68.0 Å². The van der Waals surface area contributed by atoms with Crippen molar-refractivity contribution in [3.05, 3.63) is 76.2 Å². The molecule has 2 saturated carbocycles. The lowest BCUT2D eigenvalue weighted by molar-refractivity contribution is 0.0561. The van der Waals surface area contributed by atoms with E-state index in [1.165, 1.54) is 30.6 Å². The topological polar surface area (TPSA) is 99.2 Å². The highest BCUT2D eigenvalue weighted by Crippen LogP contribution is 2.64. The highest BCUT2D eigenvalue weighted by molar-refractivity contribution is 6.00. The summed E-state index contributed by atoms with van der Waals surface area (Å²) < 4.78 is 29.4. The van der Waals surface area contributed by atoms with Gasteiger partial charge in [0.2, 0.25) is 0 Å². The number of rotatable bonds is 4. The maximum atomic E-state index is 14.7. The summed E-state index contributed by atoms with van der Waals surface area (Å²) in [6.07, 6.45) is 4.19. The molecule has 2 heterocycles. The Morgan fingerprint density at radius 2 is 1.89 bits per heavy atom. The van der Waals surface area contributed by atoms with Crippen LogP contribution in [0.1, 0.15) is 57.9 Å². The van der Waals surface area contributed by atoms with Gasteiger partial charge in [0, 0.05) is 35.5 Å². The van der Waals surface area contributed by atoms with Gasteiger partial charge in [-0.2, -0.15) is 0 Å². The number of aliphatic hydroxyl groups is 1. The van der Waals surface area contributed by atoms with Crippen LogP contribution >= 0.6 is 0 Å². The Morgan fingerprint density at radius 1 is 1.17 bits per heavy atom. The molecule has 6 rings (SSSR count). The quantitative estimate of drug-likeness (QED) is 0.458. The largest absolute Gasteiger partial charge is 0.393 e. The number of hydrazine groups is 1. The Hall–Kier alpha value is -3.43. The van der Waals surface area contributed by atoms with Crippen molar-refractivity contribution in [2.45, 2.75) is 56.7 Å². The summed E-state index contributed by atoms with van der Waals surface area (Å²) in [6.45, 7) is 3.97. The van der Waals surface area contributed by atoms with Gasteiger partial charge in [0.05, 0.1) is 17.3 Å². The van der Waals surface area contributed by atoms with E-state index in [0.29, 0.717) is 30.5 Å². The Labute approximate surface area is 201 Å². The second-order valence-corrected chi connectivity index (χ2v) is 9.78. The smallest absolute Gasteiger partial charge is 0.272 e. The maximum Gasteiger partial charge on any atom is 0.272 e. The average molecular weight is 478 g/mol. The Morgan fingerprint density at radius 3 is 2.60 bits per heavy atom. The van der Waals surface area contributed by atoms with E-state index in [0.717, 1.165) is 22.4 Å². The zero-order valence-electron chi connectivity index (χ0n) is 19.3. The molecule has 0 bridgehead atoms. The van der Waals surface area contributed by atoms with Crippen LogP contribution in [0.4, 0.5) is 14.5 Å². The lowest BCUT2D eigenvalue weighted by Crippen LogP contribution is -2.47. The van der Waals surface area contributed by atoms with Crippen LogP contribution in [0.25, 0.3) is 11.3 Å². The molecular weight excluding hydrogens is 452 g/mol. The number of amides is 1. The van der Waals surface area contributed by atoms with Crippen molar-refractivity contribution >= 4 is 11.6 Å². The molecule has 4 N–H and O–H groups in total. The summed E-state index contributed by atoms with van der Waals surface area (Å²) in [5.74, 6) is -1.65. The number of hydrogen-bond acceptors (Lipinski definition) is 6. The van der Waals surface area contributed by atoms with E-state index in [9.17, 15) is 18.7 Å². The van der Waals surface area contributed by atoms with Crippen LogP contribution in [-0.4, -0.2) is 33.1 Å². The first-order valence-electron chi connectivity index (χ1n) is 11.7. The summed E-state index contributed by atoms with van der Waals surface area (Å²) in [5, 5.41) is 12.5. The van der Waals surface area contributed by atoms with Crippen molar-refractivity contribution in [3.63, 3.8) is 0 Å². The van der Waals surface area contributed by atoms with Crippen molar-refractivity contribution in [1.29, 1.82) is 0 Å². The predicted octanol–water partition coefficient (Wildman–Crippen LogP) is 3.60. The first-order chi connectivity index (χ1) is 16.8. The monoisotopic (exact) mass is 477 g/mol. The van der Waals surface area contributed by atoms with Gasteiger partial charge in [0.25, 0.3) is 5.91 Å². The molecule has 1 aromatic heterocycles. The number of nitrogens with one attached hydrogen (secondary N) is 3. The lowest BCUT2D eigenvalue weighted by atomic mass is 9.87. The molecule has 35 heavy (non-hydrogen) atoms. The van der Waals surface area contributed by atoms with Crippen molar-refractivity contribution in [2.24, 2.45) is 0 Å². The second-order valence-electron chi connectivity index (χ2n) is 9.78. The molecule has 2 fully saturated rings. The molecule has 1 aliphatic heterocycles. The molecule has 2 unspecified atom stereocenters. The fourth-order valence-electron chi connectivity index (χ4n) is 5.55. The van der Waals surface area contributed by atoms with Crippen molar-refractivity contribution in [2.75, 3.05) is 5.43 Å². The third kappa shape index (κ3) is 3.33. The molecule has 0 radical (unpaired) electrons. The number of carbonyl (C=O) groups is 1. The molecule has 0 spiro atoms. The van der Waals surface area contributed by atoms with Gasteiger partial charge in [-0.25, -0.2) is 19.2 Å². The number of nitrogens with zero attached hydrogens (tertiary/aromatic N) is 2. The minimum absolute atomic E-state index is 0.0351. The van der Waals surface area contributed by atoms with Gasteiger partial charge in [-0.15, -0.1) is 0 Å². The first kappa shape index (κ1) is 22.1. The Kier molecular flexibility index (Phi) is 4.91. The SMILES string of the molecule is Cc1cc(-c2nccnc2C(=O)NC2CC(O)C2)c2c(c1C)C1CC1(c1c(F)cccc1F)NN2. The van der Waals surface area contributed by atoms with Crippen LogP contribution in [0.15, 0.2) is 36.7 Å². The third-order valence-corrected chi connectivity index (χ3v) is 7.64. The number of carbonyl (C=O) groups excluding carboxylic acids is 1. The molecule has 1 amide bonds. The zero-order chi connectivity index (χ0) is 24.5. The van der Waals surface area contributed by atoms with Crippen LogP contribution in [0.3, 0.4) is 0 Å². The van der Waals surface area contributed by atoms with Crippen LogP contribution < -0.4 is 16.2 Å². The third-order valence-electron chi connectivity index (χ3n) is 7.64. The molecule has 3 aromatic rings. The van der Waals surface area contributed by atoms with Crippen LogP contribution in [0.5, 0.6) is 0 Å². The van der Waals surface area contributed by atoms with E-state index in [1.54, 1.807) is 0 Å². The number of fused-ring (bicyclic) bond motifs is 3. The summed E-state index contributed by atoms with van der Waals surface area (Å²) in [7, 11) is 0. The van der Waals surface area contributed by atoms with Gasteiger partial charge in [0.15, 0.2) is 5.69 Å². The first-order valence-corrected chi connectivity index (χ1v) is 11.7. The number of halogens is 2. The van der Waals surface area contributed by atoms with Gasteiger partial charge in [-0.3, -0.25) is 9.78 Å². The minimum atomic E-state index is -0.883. The molecule has 2 atom stereocenters. The van der Waals surface area contributed by atoms with Crippen molar-refractivity contribution < 1.29 is 18.7 Å². The molecule has 180 valence electrons. The Balaban J connectivity index is 1.43. The van der Waals surface area contributed by atoms with E-state index in [1.807, 2.05) is 19.9 Å². The number of anilines is 1. The predicted molar refractivity (Wildman–Crippen MR) is 126 cm³/mol. The highest BCUT2D eigenvalue weighted by atomic mass is 19.1. The Bertz CT molecular complexity index is 1350.